The molecule has 3 rings (SSSR count). The van der Waals surface area contributed by atoms with Gasteiger partial charge in [0.2, 0.25) is 0 Å². The number of rotatable bonds is 4. The second-order valence-electron chi connectivity index (χ2n) is 5.68. The first-order valence-electron chi connectivity index (χ1n) is 7.71. The summed E-state index contributed by atoms with van der Waals surface area (Å²) < 4.78 is 5.99. The minimum atomic E-state index is -0.412. The van der Waals surface area contributed by atoms with Crippen molar-refractivity contribution in [3.8, 4) is 5.75 Å². The maximum atomic E-state index is 12.1. The zero-order chi connectivity index (χ0) is 18.7. The smallest absolute Gasteiger partial charge is 0.315 e. The number of aryl methyl sites for hydroxylation is 1. The van der Waals surface area contributed by atoms with E-state index in [1.165, 1.54) is 0 Å². The summed E-state index contributed by atoms with van der Waals surface area (Å²) >= 11 is 4.22. The number of halogens is 1. The van der Waals surface area contributed by atoms with Gasteiger partial charge in [-0.25, -0.2) is 0 Å². The Morgan fingerprint density at radius 1 is 1.23 bits per heavy atom. The van der Waals surface area contributed by atoms with Gasteiger partial charge in [-0.15, -0.1) is 0 Å². The average molecular weight is 432 g/mol. The Bertz CT molecular complexity index is 939. The molecule has 0 aromatic heterocycles. The molecule has 1 N–H and O–H groups in total. The quantitative estimate of drug-likeness (QED) is 0.445. The molecule has 1 aliphatic rings. The van der Waals surface area contributed by atoms with Gasteiger partial charge in [0.1, 0.15) is 5.75 Å². The Balaban J connectivity index is 1.70. The lowest BCUT2D eigenvalue weighted by Crippen LogP contribution is -2.17. The summed E-state index contributed by atoms with van der Waals surface area (Å²) in [4.78, 5) is 35.2. The molecule has 0 bridgehead atoms. The number of amides is 2. The van der Waals surface area contributed by atoms with Crippen LogP contribution < -0.4 is 10.1 Å². The van der Waals surface area contributed by atoms with E-state index in [0.717, 1.165) is 22.9 Å². The SMILES string of the molecule is Cc1cccc(CC(=O)Oc2ccc(C=C3SC(=O)NC3=O)cc2Br)c1. The van der Waals surface area contributed by atoms with Crippen LogP contribution in [0.4, 0.5) is 4.79 Å². The molecular weight excluding hydrogens is 418 g/mol. The number of hydrogen-bond donors (Lipinski definition) is 1. The summed E-state index contributed by atoms with van der Waals surface area (Å²) in [6.07, 6.45) is 1.78. The lowest BCUT2D eigenvalue weighted by Gasteiger charge is -2.08. The lowest BCUT2D eigenvalue weighted by molar-refractivity contribution is -0.133. The standard InChI is InChI=1S/C19H14BrNO4S/c1-11-3-2-4-12(7-11)10-17(22)25-15-6-5-13(8-14(15)20)9-16-18(23)21-19(24)26-16/h2-9H,10H2,1H3,(H,21,23,24). The van der Waals surface area contributed by atoms with Crippen LogP contribution in [0.1, 0.15) is 16.7 Å². The molecular formula is C19H14BrNO4S. The third-order valence-electron chi connectivity index (χ3n) is 3.55. The fourth-order valence-corrected chi connectivity index (χ4v) is 3.57. The Kier molecular flexibility index (Phi) is 5.58. The molecule has 1 saturated heterocycles. The van der Waals surface area contributed by atoms with Gasteiger partial charge in [0.25, 0.3) is 11.1 Å². The molecule has 132 valence electrons. The van der Waals surface area contributed by atoms with Crippen LogP contribution in [-0.4, -0.2) is 17.1 Å². The maximum absolute atomic E-state index is 12.1. The Morgan fingerprint density at radius 2 is 2.04 bits per heavy atom. The highest BCUT2D eigenvalue weighted by Crippen LogP contribution is 2.30. The van der Waals surface area contributed by atoms with Gasteiger partial charge < -0.3 is 4.74 Å². The molecule has 7 heteroatoms. The van der Waals surface area contributed by atoms with Gasteiger partial charge >= 0.3 is 5.97 Å². The summed E-state index contributed by atoms with van der Waals surface area (Å²) in [5, 5.41) is 1.82. The Labute approximate surface area is 162 Å². The molecule has 1 fully saturated rings. The highest BCUT2D eigenvalue weighted by atomic mass is 79.9. The van der Waals surface area contributed by atoms with Gasteiger partial charge in [0.15, 0.2) is 0 Å². The number of imide groups is 1. The van der Waals surface area contributed by atoms with E-state index < -0.39 is 5.91 Å². The van der Waals surface area contributed by atoms with E-state index >= 15 is 0 Å². The zero-order valence-corrected chi connectivity index (χ0v) is 16.1. The van der Waals surface area contributed by atoms with Crippen LogP contribution in [0.2, 0.25) is 0 Å². The molecule has 0 aliphatic carbocycles. The van der Waals surface area contributed by atoms with Crippen molar-refractivity contribution in [1.29, 1.82) is 0 Å². The monoisotopic (exact) mass is 431 g/mol. The minimum Gasteiger partial charge on any atom is -0.425 e. The summed E-state index contributed by atoms with van der Waals surface area (Å²) in [7, 11) is 0. The highest BCUT2D eigenvalue weighted by molar-refractivity contribution is 9.10. The third-order valence-corrected chi connectivity index (χ3v) is 4.98. The van der Waals surface area contributed by atoms with Crippen LogP contribution in [-0.2, 0) is 16.0 Å². The molecule has 0 atom stereocenters. The van der Waals surface area contributed by atoms with Gasteiger partial charge in [-0.1, -0.05) is 35.9 Å². The fraction of sp³-hybridized carbons (Fsp3) is 0.105. The van der Waals surface area contributed by atoms with Crippen molar-refractivity contribution in [2.45, 2.75) is 13.3 Å². The topological polar surface area (TPSA) is 72.5 Å². The van der Waals surface area contributed by atoms with Crippen molar-refractivity contribution in [1.82, 2.24) is 5.32 Å². The number of nitrogens with one attached hydrogen (secondary N) is 1. The van der Waals surface area contributed by atoms with Crippen LogP contribution in [0.15, 0.2) is 51.8 Å². The van der Waals surface area contributed by atoms with E-state index in [1.807, 2.05) is 31.2 Å². The summed E-state index contributed by atoms with van der Waals surface area (Å²) in [6.45, 7) is 1.97. The summed E-state index contributed by atoms with van der Waals surface area (Å²) in [5.41, 5.74) is 2.69. The summed E-state index contributed by atoms with van der Waals surface area (Å²) in [6, 6.07) is 12.8. The van der Waals surface area contributed by atoms with Crippen molar-refractivity contribution in [3.63, 3.8) is 0 Å². The first kappa shape index (κ1) is 18.4. The van der Waals surface area contributed by atoms with E-state index in [0.29, 0.717) is 20.7 Å². The number of carbonyl (C=O) groups excluding carboxylic acids is 3. The Morgan fingerprint density at radius 3 is 2.69 bits per heavy atom. The largest absolute Gasteiger partial charge is 0.425 e. The van der Waals surface area contributed by atoms with Gasteiger partial charge in [-0.05, 0) is 64.0 Å². The number of esters is 1. The zero-order valence-electron chi connectivity index (χ0n) is 13.7. The van der Waals surface area contributed by atoms with Crippen molar-refractivity contribution < 1.29 is 19.1 Å². The van der Waals surface area contributed by atoms with Gasteiger partial charge in [0, 0.05) is 0 Å². The second kappa shape index (κ2) is 7.88. The van der Waals surface area contributed by atoms with Crippen LogP contribution in [0.5, 0.6) is 5.75 Å². The maximum Gasteiger partial charge on any atom is 0.315 e. The van der Waals surface area contributed by atoms with Gasteiger partial charge in [-0.3, -0.25) is 19.7 Å². The molecule has 0 spiro atoms. The minimum absolute atomic E-state index is 0.179. The highest BCUT2D eigenvalue weighted by Gasteiger charge is 2.25. The first-order chi connectivity index (χ1) is 12.4. The van der Waals surface area contributed by atoms with Crippen molar-refractivity contribution in [2.24, 2.45) is 0 Å². The van der Waals surface area contributed by atoms with Crippen LogP contribution in [0, 0.1) is 6.92 Å². The van der Waals surface area contributed by atoms with E-state index in [1.54, 1.807) is 24.3 Å². The molecule has 1 heterocycles. The van der Waals surface area contributed by atoms with Crippen molar-refractivity contribution >= 4 is 50.9 Å². The van der Waals surface area contributed by atoms with Crippen LogP contribution in [0.3, 0.4) is 0 Å². The molecule has 2 aromatic rings. The number of ether oxygens (including phenoxy) is 1. The van der Waals surface area contributed by atoms with E-state index in [-0.39, 0.29) is 17.6 Å². The number of hydrogen-bond acceptors (Lipinski definition) is 5. The lowest BCUT2D eigenvalue weighted by atomic mass is 10.1. The average Bonchev–Trinajstić information content (AvgIpc) is 2.87. The van der Waals surface area contributed by atoms with Crippen molar-refractivity contribution in [2.75, 3.05) is 0 Å². The second-order valence-corrected chi connectivity index (χ2v) is 7.55. The van der Waals surface area contributed by atoms with Crippen LogP contribution in [0.25, 0.3) is 6.08 Å². The predicted octanol–water partition coefficient (Wildman–Crippen LogP) is 4.23. The van der Waals surface area contributed by atoms with Gasteiger partial charge in [-0.2, -0.15) is 0 Å². The molecule has 0 radical (unpaired) electrons. The fourth-order valence-electron chi connectivity index (χ4n) is 2.41. The molecule has 2 amide bonds. The van der Waals surface area contributed by atoms with E-state index in [2.05, 4.69) is 21.2 Å². The van der Waals surface area contributed by atoms with E-state index in [9.17, 15) is 14.4 Å². The molecule has 0 saturated carbocycles. The Hall–Kier alpha value is -2.38. The molecule has 1 aliphatic heterocycles. The third kappa shape index (κ3) is 4.62. The molecule has 26 heavy (non-hydrogen) atoms. The molecule has 0 unspecified atom stereocenters. The normalized spacial score (nSPS) is 15.2. The van der Waals surface area contributed by atoms with Crippen LogP contribution >= 0.6 is 27.7 Å². The molecule has 5 nitrogen and oxygen atoms in total. The predicted molar refractivity (Wildman–Crippen MR) is 104 cm³/mol. The molecule has 2 aromatic carbocycles. The van der Waals surface area contributed by atoms with Crippen molar-refractivity contribution in [3.05, 3.63) is 68.5 Å². The summed E-state index contributed by atoms with van der Waals surface area (Å²) in [5.74, 6) is -0.382. The number of benzene rings is 2. The first-order valence-corrected chi connectivity index (χ1v) is 9.32. The number of carbonyl (C=O) groups is 3. The van der Waals surface area contributed by atoms with Gasteiger partial charge in [0.05, 0.1) is 15.8 Å². The number of thioether (sulfide) groups is 1. The van der Waals surface area contributed by atoms with E-state index in [4.69, 9.17) is 4.74 Å².